The summed E-state index contributed by atoms with van der Waals surface area (Å²) in [5.41, 5.74) is 0.370. The van der Waals surface area contributed by atoms with E-state index < -0.39 is 9.84 Å². The topological polar surface area (TPSA) is 49.4 Å². The van der Waals surface area contributed by atoms with Gasteiger partial charge in [-0.15, -0.1) is 0 Å². The molecule has 1 aliphatic heterocycles. The molecule has 0 unspecified atom stereocenters. The van der Waals surface area contributed by atoms with Crippen LogP contribution in [0.1, 0.15) is 47.5 Å². The highest BCUT2D eigenvalue weighted by Gasteiger charge is 2.32. The van der Waals surface area contributed by atoms with Gasteiger partial charge >= 0.3 is 0 Å². The molecule has 1 heterocycles. The summed E-state index contributed by atoms with van der Waals surface area (Å²) in [5.74, 6) is 0.645. The van der Waals surface area contributed by atoms with Crippen molar-refractivity contribution in [2.75, 3.05) is 37.7 Å². The van der Waals surface area contributed by atoms with Crippen molar-refractivity contribution in [1.29, 1.82) is 0 Å². The lowest BCUT2D eigenvalue weighted by Crippen LogP contribution is -2.51. The SMILES string of the molecule is CCC(CC)(CNC(C)(C)C)CN1CCS(=O)(=O)CC1. The molecule has 0 bridgehead atoms. The molecule has 0 aromatic carbocycles. The van der Waals surface area contributed by atoms with Crippen LogP contribution in [0.5, 0.6) is 0 Å². The van der Waals surface area contributed by atoms with E-state index in [-0.39, 0.29) is 11.0 Å². The largest absolute Gasteiger partial charge is 0.311 e. The average molecular weight is 305 g/mol. The third-order valence-electron chi connectivity index (χ3n) is 4.49. The fraction of sp³-hybridized carbons (Fsp3) is 1.00. The van der Waals surface area contributed by atoms with Gasteiger partial charge in [0.25, 0.3) is 0 Å². The van der Waals surface area contributed by atoms with Crippen molar-refractivity contribution in [3.8, 4) is 0 Å². The van der Waals surface area contributed by atoms with Crippen LogP contribution in [-0.4, -0.2) is 56.5 Å². The first-order valence-corrected chi connectivity index (χ1v) is 9.61. The molecule has 120 valence electrons. The highest BCUT2D eigenvalue weighted by Crippen LogP contribution is 2.28. The van der Waals surface area contributed by atoms with E-state index in [0.717, 1.165) is 25.9 Å². The first-order chi connectivity index (χ1) is 9.11. The first-order valence-electron chi connectivity index (χ1n) is 7.79. The van der Waals surface area contributed by atoms with Gasteiger partial charge < -0.3 is 10.2 Å². The summed E-state index contributed by atoms with van der Waals surface area (Å²) < 4.78 is 23.0. The Balaban J connectivity index is 2.62. The van der Waals surface area contributed by atoms with E-state index in [1.165, 1.54) is 0 Å². The zero-order valence-electron chi connectivity index (χ0n) is 13.8. The average Bonchev–Trinajstić information content (AvgIpc) is 2.36. The minimum Gasteiger partial charge on any atom is -0.311 e. The van der Waals surface area contributed by atoms with E-state index in [1.807, 2.05) is 0 Å². The maximum Gasteiger partial charge on any atom is 0.152 e. The second-order valence-corrected chi connectivity index (χ2v) is 9.54. The monoisotopic (exact) mass is 304 g/mol. The lowest BCUT2D eigenvalue weighted by atomic mass is 9.81. The number of nitrogens with one attached hydrogen (secondary N) is 1. The summed E-state index contributed by atoms with van der Waals surface area (Å²) in [6.45, 7) is 14.4. The zero-order valence-corrected chi connectivity index (χ0v) is 14.6. The Kier molecular flexibility index (Phi) is 6.05. The number of rotatable bonds is 6. The summed E-state index contributed by atoms with van der Waals surface area (Å²) in [4.78, 5) is 2.33. The zero-order chi connectivity index (χ0) is 15.4. The van der Waals surface area contributed by atoms with E-state index in [9.17, 15) is 8.42 Å². The van der Waals surface area contributed by atoms with E-state index in [4.69, 9.17) is 0 Å². The fourth-order valence-electron chi connectivity index (χ4n) is 2.61. The molecule has 1 aliphatic rings. The van der Waals surface area contributed by atoms with Crippen LogP contribution in [0.15, 0.2) is 0 Å². The molecule has 0 spiro atoms. The third-order valence-corrected chi connectivity index (χ3v) is 6.10. The minimum atomic E-state index is -2.78. The highest BCUT2D eigenvalue weighted by molar-refractivity contribution is 7.91. The van der Waals surface area contributed by atoms with Crippen molar-refractivity contribution in [3.05, 3.63) is 0 Å². The molecule has 20 heavy (non-hydrogen) atoms. The molecule has 0 aliphatic carbocycles. The second-order valence-electron chi connectivity index (χ2n) is 7.24. The van der Waals surface area contributed by atoms with E-state index >= 15 is 0 Å². The van der Waals surface area contributed by atoms with Gasteiger partial charge in [-0.05, 0) is 39.0 Å². The molecule has 1 rings (SSSR count). The predicted octanol–water partition coefficient (Wildman–Crippen LogP) is 1.91. The van der Waals surface area contributed by atoms with E-state index in [2.05, 4.69) is 44.8 Å². The van der Waals surface area contributed by atoms with Crippen molar-refractivity contribution < 1.29 is 8.42 Å². The summed E-state index contributed by atoms with van der Waals surface area (Å²) in [5, 5.41) is 3.63. The standard InChI is InChI=1S/C15H32N2O2S/c1-6-15(7-2,12-16-14(3,4)5)13-17-8-10-20(18,19)11-9-17/h16H,6-13H2,1-5H3. The molecule has 0 saturated carbocycles. The van der Waals surface area contributed by atoms with E-state index in [1.54, 1.807) is 0 Å². The Bertz CT molecular complexity index is 381. The number of nitrogens with zero attached hydrogens (tertiary/aromatic N) is 1. The van der Waals surface area contributed by atoms with Crippen LogP contribution in [0.2, 0.25) is 0 Å². The number of hydrogen-bond donors (Lipinski definition) is 1. The Morgan fingerprint density at radius 2 is 1.55 bits per heavy atom. The molecule has 0 radical (unpaired) electrons. The van der Waals surface area contributed by atoms with Gasteiger partial charge in [-0.25, -0.2) is 8.42 Å². The van der Waals surface area contributed by atoms with Gasteiger partial charge in [0.05, 0.1) is 11.5 Å². The summed E-state index contributed by atoms with van der Waals surface area (Å²) in [7, 11) is -2.78. The van der Waals surface area contributed by atoms with E-state index in [0.29, 0.717) is 24.6 Å². The van der Waals surface area contributed by atoms with Crippen molar-refractivity contribution >= 4 is 9.84 Å². The molecule has 0 aromatic rings. The molecule has 4 nitrogen and oxygen atoms in total. The Hall–Kier alpha value is -0.130. The van der Waals surface area contributed by atoms with Crippen molar-refractivity contribution in [3.63, 3.8) is 0 Å². The number of hydrogen-bond acceptors (Lipinski definition) is 4. The molecule has 5 heteroatoms. The summed E-state index contributed by atoms with van der Waals surface area (Å²) in [6, 6.07) is 0. The van der Waals surface area contributed by atoms with Gasteiger partial charge in [0, 0.05) is 31.7 Å². The van der Waals surface area contributed by atoms with Crippen LogP contribution in [-0.2, 0) is 9.84 Å². The summed E-state index contributed by atoms with van der Waals surface area (Å²) >= 11 is 0. The lowest BCUT2D eigenvalue weighted by molar-refractivity contribution is 0.132. The van der Waals surface area contributed by atoms with Crippen LogP contribution >= 0.6 is 0 Å². The summed E-state index contributed by atoms with van der Waals surface area (Å²) in [6.07, 6.45) is 2.24. The Morgan fingerprint density at radius 1 is 1.05 bits per heavy atom. The smallest absolute Gasteiger partial charge is 0.152 e. The van der Waals surface area contributed by atoms with Gasteiger partial charge in [-0.1, -0.05) is 13.8 Å². The predicted molar refractivity (Wildman–Crippen MR) is 85.9 cm³/mol. The van der Waals surface area contributed by atoms with Crippen LogP contribution in [0.4, 0.5) is 0 Å². The molecular formula is C15H32N2O2S. The van der Waals surface area contributed by atoms with Gasteiger partial charge in [-0.3, -0.25) is 0 Å². The van der Waals surface area contributed by atoms with Gasteiger partial charge in [0.15, 0.2) is 9.84 Å². The fourth-order valence-corrected chi connectivity index (χ4v) is 3.89. The molecule has 1 fully saturated rings. The van der Waals surface area contributed by atoms with Crippen molar-refractivity contribution in [1.82, 2.24) is 10.2 Å². The van der Waals surface area contributed by atoms with Crippen LogP contribution in [0.3, 0.4) is 0 Å². The van der Waals surface area contributed by atoms with Gasteiger partial charge in [0.1, 0.15) is 0 Å². The van der Waals surface area contributed by atoms with Crippen LogP contribution in [0.25, 0.3) is 0 Å². The van der Waals surface area contributed by atoms with Crippen molar-refractivity contribution in [2.24, 2.45) is 5.41 Å². The quantitative estimate of drug-likeness (QED) is 0.814. The molecule has 0 amide bonds. The first kappa shape index (κ1) is 17.9. The van der Waals surface area contributed by atoms with Crippen LogP contribution in [0, 0.1) is 5.41 Å². The molecule has 0 atom stereocenters. The molecular weight excluding hydrogens is 272 g/mol. The number of sulfone groups is 1. The Labute approximate surface area is 125 Å². The highest BCUT2D eigenvalue weighted by atomic mass is 32.2. The van der Waals surface area contributed by atoms with Crippen LogP contribution < -0.4 is 5.32 Å². The van der Waals surface area contributed by atoms with Crippen molar-refractivity contribution in [2.45, 2.75) is 53.0 Å². The lowest BCUT2D eigenvalue weighted by Gasteiger charge is -2.40. The van der Waals surface area contributed by atoms with Gasteiger partial charge in [0.2, 0.25) is 0 Å². The molecule has 0 aromatic heterocycles. The third kappa shape index (κ3) is 5.70. The second kappa shape index (κ2) is 6.75. The minimum absolute atomic E-state index is 0.126. The van der Waals surface area contributed by atoms with Gasteiger partial charge in [-0.2, -0.15) is 0 Å². The maximum absolute atomic E-state index is 11.5. The normalized spacial score (nSPS) is 21.1. The Morgan fingerprint density at radius 3 is 1.95 bits per heavy atom. The molecule has 1 N–H and O–H groups in total. The maximum atomic E-state index is 11.5. The molecule has 1 saturated heterocycles.